The Hall–Kier alpha value is -1.40. The topological polar surface area (TPSA) is 66.5 Å². The number of carbonyl (C=O) groups is 1. The van der Waals surface area contributed by atoms with Crippen molar-refractivity contribution in [2.24, 2.45) is 5.92 Å². The summed E-state index contributed by atoms with van der Waals surface area (Å²) in [5.41, 5.74) is 1.21. The molecule has 6 heteroatoms. The van der Waals surface area contributed by atoms with Gasteiger partial charge in [0.1, 0.15) is 0 Å². The Kier molecular flexibility index (Phi) is 6.04. The molecule has 5 nitrogen and oxygen atoms in total. The molecule has 1 unspecified atom stereocenters. The van der Waals surface area contributed by atoms with Gasteiger partial charge in [-0.15, -0.1) is 0 Å². The Balaban J connectivity index is 2.29. The second-order valence-electron chi connectivity index (χ2n) is 6.95. The first-order chi connectivity index (χ1) is 11.2. The van der Waals surface area contributed by atoms with Crippen LogP contribution in [0.15, 0.2) is 23.1 Å². The Morgan fingerprint density at radius 1 is 1.12 bits per heavy atom. The van der Waals surface area contributed by atoms with Gasteiger partial charge < -0.3 is 5.32 Å². The molecule has 1 heterocycles. The summed E-state index contributed by atoms with van der Waals surface area (Å²) in [6.45, 7) is 8.97. The van der Waals surface area contributed by atoms with E-state index in [2.05, 4.69) is 5.32 Å². The van der Waals surface area contributed by atoms with E-state index in [1.54, 1.807) is 12.1 Å². The molecule has 0 radical (unpaired) electrons. The number of piperidine rings is 1. The van der Waals surface area contributed by atoms with Crippen molar-refractivity contribution in [3.8, 4) is 0 Å². The van der Waals surface area contributed by atoms with Crippen molar-refractivity contribution >= 4 is 15.9 Å². The molecule has 24 heavy (non-hydrogen) atoms. The van der Waals surface area contributed by atoms with Gasteiger partial charge in [0.2, 0.25) is 10.0 Å². The predicted molar refractivity (Wildman–Crippen MR) is 95.6 cm³/mol. The van der Waals surface area contributed by atoms with Gasteiger partial charge in [-0.2, -0.15) is 4.31 Å². The van der Waals surface area contributed by atoms with E-state index >= 15 is 0 Å². The average molecular weight is 352 g/mol. The van der Waals surface area contributed by atoms with Crippen LogP contribution in [0.2, 0.25) is 0 Å². The van der Waals surface area contributed by atoms with Gasteiger partial charge in [-0.1, -0.05) is 26.3 Å². The maximum Gasteiger partial charge on any atom is 0.251 e. The van der Waals surface area contributed by atoms with Gasteiger partial charge in [0, 0.05) is 24.7 Å². The Morgan fingerprint density at radius 3 is 2.33 bits per heavy atom. The van der Waals surface area contributed by atoms with Crippen LogP contribution in [0.4, 0.5) is 0 Å². The molecule has 1 aromatic carbocycles. The van der Waals surface area contributed by atoms with Crippen LogP contribution in [0.25, 0.3) is 0 Å². The van der Waals surface area contributed by atoms with E-state index in [0.717, 1.165) is 24.8 Å². The zero-order chi connectivity index (χ0) is 17.9. The van der Waals surface area contributed by atoms with Gasteiger partial charge in [0.15, 0.2) is 0 Å². The summed E-state index contributed by atoms with van der Waals surface area (Å²) in [4.78, 5) is 12.7. The first-order valence-electron chi connectivity index (χ1n) is 8.65. The number of carbonyl (C=O) groups excluding carboxylic acids is 1. The molecule has 1 aromatic rings. The minimum atomic E-state index is -3.53. The number of nitrogens with one attached hydrogen (secondary N) is 1. The zero-order valence-corrected chi connectivity index (χ0v) is 15.8. The minimum absolute atomic E-state index is 0.0271. The molecular weight excluding hydrogens is 324 g/mol. The first kappa shape index (κ1) is 18.9. The zero-order valence-electron chi connectivity index (χ0n) is 15.0. The highest BCUT2D eigenvalue weighted by molar-refractivity contribution is 7.89. The maximum absolute atomic E-state index is 12.8. The molecule has 1 atom stereocenters. The molecule has 0 aliphatic carbocycles. The highest BCUT2D eigenvalue weighted by Gasteiger charge is 2.27. The fraction of sp³-hybridized carbons (Fsp3) is 0.611. The van der Waals surface area contributed by atoms with Crippen molar-refractivity contribution in [3.05, 3.63) is 29.3 Å². The number of aryl methyl sites for hydroxylation is 1. The number of benzene rings is 1. The monoisotopic (exact) mass is 352 g/mol. The number of rotatable bonds is 5. The molecule has 0 bridgehead atoms. The van der Waals surface area contributed by atoms with Crippen molar-refractivity contribution in [2.75, 3.05) is 13.1 Å². The van der Waals surface area contributed by atoms with Gasteiger partial charge in [0.05, 0.1) is 4.90 Å². The Morgan fingerprint density at radius 2 is 1.75 bits per heavy atom. The lowest BCUT2D eigenvalue weighted by Gasteiger charge is -2.26. The average Bonchev–Trinajstić information content (AvgIpc) is 2.55. The quantitative estimate of drug-likeness (QED) is 0.886. The second-order valence-corrected chi connectivity index (χ2v) is 8.89. The second kappa shape index (κ2) is 7.66. The third-order valence-corrected chi connectivity index (χ3v) is 6.66. The van der Waals surface area contributed by atoms with E-state index in [-0.39, 0.29) is 16.8 Å². The first-order valence-corrected chi connectivity index (χ1v) is 10.1. The van der Waals surface area contributed by atoms with Crippen LogP contribution in [-0.4, -0.2) is 37.8 Å². The summed E-state index contributed by atoms with van der Waals surface area (Å²) in [7, 11) is -3.53. The lowest BCUT2D eigenvalue weighted by molar-refractivity contribution is 0.0929. The molecule has 0 saturated carbocycles. The highest BCUT2D eigenvalue weighted by Crippen LogP contribution is 2.23. The molecule has 1 amide bonds. The molecule has 1 aliphatic rings. The predicted octanol–water partition coefficient (Wildman–Crippen LogP) is 2.94. The van der Waals surface area contributed by atoms with Gasteiger partial charge in [-0.25, -0.2) is 8.42 Å². The number of hydrogen-bond acceptors (Lipinski definition) is 3. The summed E-state index contributed by atoms with van der Waals surface area (Å²) in [6.07, 6.45) is 2.86. The molecular formula is C18H28N2O3S. The van der Waals surface area contributed by atoms with Crippen LogP contribution >= 0.6 is 0 Å². The summed E-state index contributed by atoms with van der Waals surface area (Å²) >= 11 is 0. The van der Waals surface area contributed by atoms with Gasteiger partial charge in [0.25, 0.3) is 5.91 Å². The Labute approximate surface area is 145 Å². The van der Waals surface area contributed by atoms with Crippen LogP contribution < -0.4 is 5.32 Å². The van der Waals surface area contributed by atoms with Crippen LogP contribution in [0.5, 0.6) is 0 Å². The van der Waals surface area contributed by atoms with Crippen molar-refractivity contribution in [1.29, 1.82) is 0 Å². The molecule has 134 valence electrons. The third kappa shape index (κ3) is 4.16. The van der Waals surface area contributed by atoms with Crippen molar-refractivity contribution in [1.82, 2.24) is 9.62 Å². The molecule has 0 aromatic heterocycles. The van der Waals surface area contributed by atoms with Crippen molar-refractivity contribution in [2.45, 2.75) is 57.9 Å². The summed E-state index contributed by atoms with van der Waals surface area (Å²) in [6, 6.07) is 4.86. The van der Waals surface area contributed by atoms with E-state index in [4.69, 9.17) is 0 Å². The fourth-order valence-electron chi connectivity index (χ4n) is 2.71. The molecule has 1 saturated heterocycles. The molecule has 1 aliphatic heterocycles. The number of sulfonamides is 1. The SMILES string of the molecule is Cc1ccc(S(=O)(=O)N2CCCCC2)cc1C(=O)NC(C)C(C)C. The summed E-state index contributed by atoms with van der Waals surface area (Å²) < 4.78 is 27.1. The molecule has 0 spiro atoms. The van der Waals surface area contributed by atoms with Crippen molar-refractivity contribution < 1.29 is 13.2 Å². The number of nitrogens with zero attached hydrogens (tertiary/aromatic N) is 1. The molecule has 2 rings (SSSR count). The summed E-state index contributed by atoms with van der Waals surface area (Å²) in [5, 5.41) is 2.95. The van der Waals surface area contributed by atoms with E-state index in [1.807, 2.05) is 27.7 Å². The van der Waals surface area contributed by atoms with E-state index < -0.39 is 10.0 Å². The minimum Gasteiger partial charge on any atom is -0.349 e. The van der Waals surface area contributed by atoms with E-state index in [1.165, 1.54) is 10.4 Å². The maximum atomic E-state index is 12.8. The van der Waals surface area contributed by atoms with E-state index in [9.17, 15) is 13.2 Å². The largest absolute Gasteiger partial charge is 0.349 e. The number of hydrogen-bond donors (Lipinski definition) is 1. The van der Waals surface area contributed by atoms with Crippen molar-refractivity contribution in [3.63, 3.8) is 0 Å². The third-order valence-electron chi connectivity index (χ3n) is 4.77. The number of amides is 1. The van der Waals surface area contributed by atoms with Crippen LogP contribution in [0, 0.1) is 12.8 Å². The van der Waals surface area contributed by atoms with E-state index in [0.29, 0.717) is 24.6 Å². The molecule has 1 fully saturated rings. The lowest BCUT2D eigenvalue weighted by Crippen LogP contribution is -2.37. The smallest absolute Gasteiger partial charge is 0.251 e. The standard InChI is InChI=1S/C18H28N2O3S/c1-13(2)15(4)19-18(21)17-12-16(9-8-14(17)3)24(22,23)20-10-6-5-7-11-20/h8-9,12-13,15H,5-7,10-11H2,1-4H3,(H,19,21). The van der Waals surface area contributed by atoms with Gasteiger partial charge in [-0.05, 0) is 50.3 Å². The van der Waals surface area contributed by atoms with Crippen LogP contribution in [-0.2, 0) is 10.0 Å². The normalized spacial score (nSPS) is 17.7. The van der Waals surface area contributed by atoms with Gasteiger partial charge in [-0.3, -0.25) is 4.79 Å². The Bertz CT molecular complexity index is 692. The highest BCUT2D eigenvalue weighted by atomic mass is 32.2. The van der Waals surface area contributed by atoms with Gasteiger partial charge >= 0.3 is 0 Å². The van der Waals surface area contributed by atoms with Crippen LogP contribution in [0.3, 0.4) is 0 Å². The molecule has 1 N–H and O–H groups in total. The van der Waals surface area contributed by atoms with Crippen LogP contribution in [0.1, 0.15) is 56.0 Å². The lowest BCUT2D eigenvalue weighted by atomic mass is 10.0. The fourth-order valence-corrected chi connectivity index (χ4v) is 4.26. The summed E-state index contributed by atoms with van der Waals surface area (Å²) in [5.74, 6) is 0.0962.